The van der Waals surface area contributed by atoms with Gasteiger partial charge in [0.25, 0.3) is 5.91 Å². The van der Waals surface area contributed by atoms with Gasteiger partial charge in [-0.15, -0.1) is 0 Å². The molecule has 0 radical (unpaired) electrons. The van der Waals surface area contributed by atoms with E-state index in [0.29, 0.717) is 48.4 Å². The average Bonchev–Trinajstić information content (AvgIpc) is 2.65. The highest BCUT2D eigenvalue weighted by molar-refractivity contribution is 6.31. The summed E-state index contributed by atoms with van der Waals surface area (Å²) >= 11 is 6.05. The van der Waals surface area contributed by atoms with Crippen molar-refractivity contribution < 1.29 is 19.0 Å². The molecule has 6 heteroatoms. The van der Waals surface area contributed by atoms with Gasteiger partial charge in [-0.2, -0.15) is 0 Å². The summed E-state index contributed by atoms with van der Waals surface area (Å²) in [5, 5.41) is 0.500. The lowest BCUT2D eigenvalue weighted by atomic mass is 10.1. The van der Waals surface area contributed by atoms with Gasteiger partial charge in [0.1, 0.15) is 19.0 Å². The van der Waals surface area contributed by atoms with Gasteiger partial charge in [-0.1, -0.05) is 17.7 Å². The average molecular weight is 362 g/mol. The molecule has 1 amide bonds. The fraction of sp³-hybridized carbons (Fsp3) is 0.316. The van der Waals surface area contributed by atoms with Crippen LogP contribution in [0.3, 0.4) is 0 Å². The van der Waals surface area contributed by atoms with Gasteiger partial charge < -0.3 is 19.1 Å². The quantitative estimate of drug-likeness (QED) is 0.813. The Hall–Kier alpha value is -2.40. The van der Waals surface area contributed by atoms with Crippen LogP contribution >= 0.6 is 11.6 Å². The molecule has 0 N–H and O–H groups in total. The lowest BCUT2D eigenvalue weighted by Crippen LogP contribution is -2.30. The number of hydrogen-bond acceptors (Lipinski definition) is 4. The number of halogens is 1. The number of rotatable bonds is 5. The van der Waals surface area contributed by atoms with E-state index >= 15 is 0 Å². The van der Waals surface area contributed by atoms with Crippen LogP contribution in [0.5, 0.6) is 17.2 Å². The molecule has 0 aromatic heterocycles. The van der Waals surface area contributed by atoms with Gasteiger partial charge in [-0.25, -0.2) is 0 Å². The molecule has 1 aliphatic rings. The van der Waals surface area contributed by atoms with Crippen molar-refractivity contribution in [3.63, 3.8) is 0 Å². The van der Waals surface area contributed by atoms with Gasteiger partial charge in [0.15, 0.2) is 11.5 Å². The molecule has 2 aromatic carbocycles. The van der Waals surface area contributed by atoms with Crippen LogP contribution in [0.2, 0.25) is 5.02 Å². The number of nitrogens with zero attached hydrogens (tertiary/aromatic N) is 1. The predicted octanol–water partition coefficient (Wildman–Crippen LogP) is 3.78. The van der Waals surface area contributed by atoms with E-state index in [4.69, 9.17) is 25.8 Å². The molecule has 0 saturated heterocycles. The first kappa shape index (κ1) is 17.4. The summed E-state index contributed by atoms with van der Waals surface area (Å²) in [4.78, 5) is 14.7. The second-order valence-electron chi connectivity index (χ2n) is 5.64. The maximum absolute atomic E-state index is 12.9. The first-order valence-corrected chi connectivity index (χ1v) is 8.51. The molecule has 25 heavy (non-hydrogen) atoms. The van der Waals surface area contributed by atoms with Gasteiger partial charge in [0.2, 0.25) is 0 Å². The number of carbonyl (C=O) groups excluding carboxylic acids is 1. The van der Waals surface area contributed by atoms with E-state index in [-0.39, 0.29) is 5.91 Å². The Balaban J connectivity index is 1.83. The largest absolute Gasteiger partial charge is 0.496 e. The van der Waals surface area contributed by atoms with E-state index in [9.17, 15) is 4.79 Å². The molecule has 0 fully saturated rings. The van der Waals surface area contributed by atoms with Crippen LogP contribution < -0.4 is 14.2 Å². The molecule has 0 saturated carbocycles. The van der Waals surface area contributed by atoms with Crippen molar-refractivity contribution in [2.45, 2.75) is 13.5 Å². The molecule has 0 spiro atoms. The molecule has 1 heterocycles. The molecular formula is C19H20ClNO4. The third kappa shape index (κ3) is 3.82. The van der Waals surface area contributed by atoms with Gasteiger partial charge in [0.05, 0.1) is 12.7 Å². The summed E-state index contributed by atoms with van der Waals surface area (Å²) in [6, 6.07) is 10.8. The Labute approximate surface area is 152 Å². The smallest absolute Gasteiger partial charge is 0.257 e. The van der Waals surface area contributed by atoms with Crippen LogP contribution in [0.1, 0.15) is 22.8 Å². The van der Waals surface area contributed by atoms with E-state index in [0.717, 1.165) is 11.3 Å². The number of fused-ring (bicyclic) bond motifs is 1. The summed E-state index contributed by atoms with van der Waals surface area (Å²) in [6.45, 7) is 4.05. The molecule has 0 bridgehead atoms. The topological polar surface area (TPSA) is 48.0 Å². The Kier molecular flexibility index (Phi) is 5.34. The molecule has 0 unspecified atom stereocenters. The summed E-state index contributed by atoms with van der Waals surface area (Å²) in [5.74, 6) is 1.83. The Bertz CT molecular complexity index is 778. The summed E-state index contributed by atoms with van der Waals surface area (Å²) in [7, 11) is 1.54. The van der Waals surface area contributed by atoms with Gasteiger partial charge in [0, 0.05) is 18.1 Å². The third-order valence-electron chi connectivity index (χ3n) is 4.04. The Morgan fingerprint density at radius 3 is 2.64 bits per heavy atom. The van der Waals surface area contributed by atoms with E-state index in [2.05, 4.69) is 0 Å². The minimum atomic E-state index is -0.128. The minimum Gasteiger partial charge on any atom is -0.496 e. The highest BCUT2D eigenvalue weighted by Crippen LogP contribution is 2.31. The van der Waals surface area contributed by atoms with Crippen LogP contribution in [-0.4, -0.2) is 37.7 Å². The van der Waals surface area contributed by atoms with Crippen molar-refractivity contribution in [1.82, 2.24) is 4.90 Å². The van der Waals surface area contributed by atoms with Crippen molar-refractivity contribution in [3.8, 4) is 17.2 Å². The fourth-order valence-corrected chi connectivity index (χ4v) is 2.92. The van der Waals surface area contributed by atoms with E-state index in [1.54, 1.807) is 23.1 Å². The molecule has 0 atom stereocenters. The van der Waals surface area contributed by atoms with Crippen molar-refractivity contribution in [2.75, 3.05) is 26.9 Å². The zero-order chi connectivity index (χ0) is 17.8. The molecule has 1 aliphatic heterocycles. The number of carbonyl (C=O) groups is 1. The monoisotopic (exact) mass is 361 g/mol. The lowest BCUT2D eigenvalue weighted by molar-refractivity contribution is 0.0749. The van der Waals surface area contributed by atoms with E-state index in [1.165, 1.54) is 7.11 Å². The predicted molar refractivity (Wildman–Crippen MR) is 95.9 cm³/mol. The molecule has 5 nitrogen and oxygen atoms in total. The van der Waals surface area contributed by atoms with Gasteiger partial charge in [-0.05, 0) is 42.8 Å². The van der Waals surface area contributed by atoms with Crippen molar-refractivity contribution in [3.05, 3.63) is 52.5 Å². The fourth-order valence-electron chi connectivity index (χ4n) is 2.75. The zero-order valence-electron chi connectivity index (χ0n) is 14.3. The number of amides is 1. The summed E-state index contributed by atoms with van der Waals surface area (Å²) in [5.41, 5.74) is 1.43. The van der Waals surface area contributed by atoms with Gasteiger partial charge in [-0.3, -0.25) is 4.79 Å². The normalized spacial score (nSPS) is 12.6. The second kappa shape index (κ2) is 7.66. The first-order chi connectivity index (χ1) is 12.1. The SMILES string of the molecule is CCN(Cc1ccc2c(c1)OCCO2)C(=O)c1cc(Cl)ccc1OC. The van der Waals surface area contributed by atoms with Crippen molar-refractivity contribution in [2.24, 2.45) is 0 Å². The Morgan fingerprint density at radius 1 is 1.16 bits per heavy atom. The first-order valence-electron chi connectivity index (χ1n) is 8.13. The van der Waals surface area contributed by atoms with Crippen LogP contribution in [0.25, 0.3) is 0 Å². The number of hydrogen-bond donors (Lipinski definition) is 0. The molecule has 132 valence electrons. The van der Waals surface area contributed by atoms with Crippen LogP contribution in [0.4, 0.5) is 0 Å². The molecule has 2 aromatic rings. The zero-order valence-corrected chi connectivity index (χ0v) is 15.0. The Morgan fingerprint density at radius 2 is 1.92 bits per heavy atom. The molecule has 0 aliphatic carbocycles. The third-order valence-corrected chi connectivity index (χ3v) is 4.28. The minimum absolute atomic E-state index is 0.128. The highest BCUT2D eigenvalue weighted by atomic mass is 35.5. The van der Waals surface area contributed by atoms with Crippen molar-refractivity contribution in [1.29, 1.82) is 0 Å². The molecule has 3 rings (SSSR count). The standard InChI is InChI=1S/C19H20ClNO4/c1-3-21(19(22)15-11-14(20)5-7-16(15)23-2)12-13-4-6-17-18(10-13)25-9-8-24-17/h4-7,10-11H,3,8-9,12H2,1-2H3. The maximum atomic E-state index is 12.9. The van der Waals surface area contributed by atoms with Gasteiger partial charge >= 0.3 is 0 Å². The number of ether oxygens (including phenoxy) is 3. The van der Waals surface area contributed by atoms with Crippen molar-refractivity contribution >= 4 is 17.5 Å². The second-order valence-corrected chi connectivity index (χ2v) is 6.08. The van der Waals surface area contributed by atoms with Crippen LogP contribution in [0.15, 0.2) is 36.4 Å². The lowest BCUT2D eigenvalue weighted by Gasteiger charge is -2.24. The maximum Gasteiger partial charge on any atom is 0.257 e. The molecular weight excluding hydrogens is 342 g/mol. The number of benzene rings is 2. The summed E-state index contributed by atoms with van der Waals surface area (Å²) in [6.07, 6.45) is 0. The highest BCUT2D eigenvalue weighted by Gasteiger charge is 2.20. The van der Waals surface area contributed by atoms with E-state index < -0.39 is 0 Å². The van der Waals surface area contributed by atoms with Crippen LogP contribution in [0, 0.1) is 0 Å². The van der Waals surface area contributed by atoms with E-state index in [1.807, 2.05) is 25.1 Å². The number of methoxy groups -OCH3 is 1. The summed E-state index contributed by atoms with van der Waals surface area (Å²) < 4.78 is 16.4. The van der Waals surface area contributed by atoms with Crippen LogP contribution in [-0.2, 0) is 6.54 Å².